The number of carbonyl (C=O) groups excluding carboxylic acids is 1. The van der Waals surface area contributed by atoms with E-state index in [1.54, 1.807) is 31.4 Å². The van der Waals surface area contributed by atoms with Gasteiger partial charge < -0.3 is 20.7 Å². The highest BCUT2D eigenvalue weighted by atomic mass is 16.5. The Morgan fingerprint density at radius 3 is 2.92 bits per heavy atom. The number of nitrogens with two attached hydrogens (primary N) is 1. The van der Waals surface area contributed by atoms with Crippen LogP contribution in [0.4, 0.5) is 11.4 Å². The third-order valence-corrected chi connectivity index (χ3v) is 4.40. The summed E-state index contributed by atoms with van der Waals surface area (Å²) < 4.78 is 5.28. The lowest BCUT2D eigenvalue weighted by atomic mass is 10.1. The minimum Gasteiger partial charge on any atom is -0.497 e. The Balaban J connectivity index is 1.53. The number of nitrogens with zero attached hydrogens (tertiary/aromatic N) is 1. The summed E-state index contributed by atoms with van der Waals surface area (Å²) in [6, 6.07) is 15.1. The van der Waals surface area contributed by atoms with Crippen LogP contribution in [0.2, 0.25) is 0 Å². The van der Waals surface area contributed by atoms with E-state index in [1.807, 2.05) is 18.2 Å². The van der Waals surface area contributed by atoms with Crippen molar-refractivity contribution in [3.8, 4) is 5.75 Å². The van der Waals surface area contributed by atoms with Crippen LogP contribution < -0.4 is 20.7 Å². The van der Waals surface area contributed by atoms with Crippen LogP contribution in [0.5, 0.6) is 5.75 Å². The lowest BCUT2D eigenvalue weighted by Gasteiger charge is -2.19. The van der Waals surface area contributed by atoms with Crippen molar-refractivity contribution in [1.29, 1.82) is 0 Å². The van der Waals surface area contributed by atoms with Gasteiger partial charge in [0.2, 0.25) is 0 Å². The van der Waals surface area contributed by atoms with Gasteiger partial charge in [-0.1, -0.05) is 12.1 Å². The number of rotatable bonds is 5. The number of nitrogen functional groups attached to an aromatic ring is 1. The molecule has 24 heavy (non-hydrogen) atoms. The lowest BCUT2D eigenvalue weighted by Crippen LogP contribution is -2.31. The van der Waals surface area contributed by atoms with Crippen molar-refractivity contribution in [3.05, 3.63) is 54.1 Å². The van der Waals surface area contributed by atoms with Gasteiger partial charge in [0.25, 0.3) is 5.91 Å². The maximum Gasteiger partial charge on any atom is 0.251 e. The fourth-order valence-corrected chi connectivity index (χ4v) is 3.06. The molecule has 1 aliphatic heterocycles. The number of nitrogens with one attached hydrogen (secondary N) is 1. The van der Waals surface area contributed by atoms with Crippen molar-refractivity contribution < 1.29 is 9.53 Å². The molecule has 5 heteroatoms. The predicted octanol–water partition coefficient (Wildman–Crippen LogP) is 2.53. The van der Waals surface area contributed by atoms with Gasteiger partial charge in [-0.15, -0.1) is 0 Å². The lowest BCUT2D eigenvalue weighted by molar-refractivity contribution is 0.0948. The number of amides is 1. The molecule has 3 rings (SSSR count). The van der Waals surface area contributed by atoms with Gasteiger partial charge in [0.1, 0.15) is 5.75 Å². The standard InChI is InChI=1S/C19H23N3O2/c1-24-18-7-3-6-17(11-18)22-9-8-14(13-22)12-21-19(23)15-4-2-5-16(20)10-15/h2-7,10-11,14H,8-9,12-13,20H2,1H3,(H,21,23). The molecule has 1 amide bonds. The largest absolute Gasteiger partial charge is 0.497 e. The number of hydrogen-bond acceptors (Lipinski definition) is 4. The van der Waals surface area contributed by atoms with Gasteiger partial charge in [0.05, 0.1) is 7.11 Å². The second-order valence-electron chi connectivity index (χ2n) is 6.14. The molecule has 1 heterocycles. The molecule has 1 saturated heterocycles. The maximum absolute atomic E-state index is 12.2. The highest BCUT2D eigenvalue weighted by molar-refractivity contribution is 5.94. The summed E-state index contributed by atoms with van der Waals surface area (Å²) in [5, 5.41) is 3.02. The van der Waals surface area contributed by atoms with E-state index < -0.39 is 0 Å². The second kappa shape index (κ2) is 7.25. The first-order valence-electron chi connectivity index (χ1n) is 8.18. The van der Waals surface area contributed by atoms with E-state index in [0.717, 1.165) is 25.3 Å². The minimum atomic E-state index is -0.0675. The summed E-state index contributed by atoms with van der Waals surface area (Å²) in [5.41, 5.74) is 8.10. The van der Waals surface area contributed by atoms with Crippen LogP contribution in [0.25, 0.3) is 0 Å². The Morgan fingerprint density at radius 1 is 1.29 bits per heavy atom. The third kappa shape index (κ3) is 3.79. The Hall–Kier alpha value is -2.69. The molecule has 126 valence electrons. The molecule has 1 atom stereocenters. The summed E-state index contributed by atoms with van der Waals surface area (Å²) in [5.74, 6) is 1.24. The van der Waals surface area contributed by atoms with E-state index in [-0.39, 0.29) is 5.91 Å². The summed E-state index contributed by atoms with van der Waals surface area (Å²) in [4.78, 5) is 14.5. The fraction of sp³-hybridized carbons (Fsp3) is 0.316. The summed E-state index contributed by atoms with van der Waals surface area (Å²) in [6.07, 6.45) is 1.06. The van der Waals surface area contributed by atoms with E-state index in [2.05, 4.69) is 16.3 Å². The molecular formula is C19H23N3O2. The fourth-order valence-electron chi connectivity index (χ4n) is 3.06. The van der Waals surface area contributed by atoms with Crippen molar-refractivity contribution in [2.24, 2.45) is 5.92 Å². The average molecular weight is 325 g/mol. The van der Waals surface area contributed by atoms with E-state index in [4.69, 9.17) is 10.5 Å². The molecule has 0 radical (unpaired) electrons. The van der Waals surface area contributed by atoms with Crippen molar-refractivity contribution in [2.75, 3.05) is 37.4 Å². The zero-order valence-electron chi connectivity index (χ0n) is 13.9. The van der Waals surface area contributed by atoms with E-state index in [0.29, 0.717) is 23.7 Å². The number of carbonyl (C=O) groups is 1. The first-order chi connectivity index (χ1) is 11.7. The van der Waals surface area contributed by atoms with Crippen LogP contribution in [0.15, 0.2) is 48.5 Å². The van der Waals surface area contributed by atoms with Gasteiger partial charge in [-0.05, 0) is 42.7 Å². The SMILES string of the molecule is COc1cccc(N2CCC(CNC(=O)c3cccc(N)c3)C2)c1. The maximum atomic E-state index is 12.2. The summed E-state index contributed by atoms with van der Waals surface area (Å²) in [7, 11) is 1.68. The second-order valence-corrected chi connectivity index (χ2v) is 6.14. The number of anilines is 2. The molecule has 0 aromatic heterocycles. The molecule has 0 saturated carbocycles. The van der Waals surface area contributed by atoms with Crippen molar-refractivity contribution in [3.63, 3.8) is 0 Å². The topological polar surface area (TPSA) is 67.6 Å². The molecule has 3 N–H and O–H groups in total. The Morgan fingerprint density at radius 2 is 2.12 bits per heavy atom. The highest BCUT2D eigenvalue weighted by Crippen LogP contribution is 2.26. The molecule has 1 aliphatic rings. The average Bonchev–Trinajstić information content (AvgIpc) is 3.09. The Bertz CT molecular complexity index is 717. The van der Waals surface area contributed by atoms with Gasteiger partial charge >= 0.3 is 0 Å². The van der Waals surface area contributed by atoms with Gasteiger partial charge in [-0.3, -0.25) is 4.79 Å². The van der Waals surface area contributed by atoms with Crippen molar-refractivity contribution in [2.45, 2.75) is 6.42 Å². The normalized spacial score (nSPS) is 16.9. The van der Waals surface area contributed by atoms with Gasteiger partial charge in [-0.25, -0.2) is 0 Å². The summed E-state index contributed by atoms with van der Waals surface area (Å²) in [6.45, 7) is 2.60. The molecule has 0 bridgehead atoms. The number of hydrogen-bond donors (Lipinski definition) is 2. The van der Waals surface area contributed by atoms with Crippen LogP contribution in [-0.4, -0.2) is 32.7 Å². The zero-order chi connectivity index (χ0) is 16.9. The van der Waals surface area contributed by atoms with Crippen LogP contribution >= 0.6 is 0 Å². The van der Waals surface area contributed by atoms with Crippen molar-refractivity contribution in [1.82, 2.24) is 5.32 Å². The van der Waals surface area contributed by atoms with Crippen molar-refractivity contribution >= 4 is 17.3 Å². The highest BCUT2D eigenvalue weighted by Gasteiger charge is 2.23. The first kappa shape index (κ1) is 16.2. The minimum absolute atomic E-state index is 0.0675. The molecular weight excluding hydrogens is 302 g/mol. The van der Waals surface area contributed by atoms with Crippen LogP contribution in [-0.2, 0) is 0 Å². The molecule has 1 unspecified atom stereocenters. The van der Waals surface area contributed by atoms with E-state index >= 15 is 0 Å². The van der Waals surface area contributed by atoms with E-state index in [9.17, 15) is 4.79 Å². The number of ether oxygens (including phenoxy) is 1. The van der Waals surface area contributed by atoms with Crippen LogP contribution in [0.3, 0.4) is 0 Å². The molecule has 0 spiro atoms. The van der Waals surface area contributed by atoms with Crippen LogP contribution in [0.1, 0.15) is 16.8 Å². The van der Waals surface area contributed by atoms with Gasteiger partial charge in [0, 0.05) is 42.6 Å². The molecule has 2 aromatic carbocycles. The number of methoxy groups -OCH3 is 1. The molecule has 2 aromatic rings. The van der Waals surface area contributed by atoms with Crippen LogP contribution in [0, 0.1) is 5.92 Å². The third-order valence-electron chi connectivity index (χ3n) is 4.40. The zero-order valence-corrected chi connectivity index (χ0v) is 13.9. The first-order valence-corrected chi connectivity index (χ1v) is 8.18. The molecule has 0 aliphatic carbocycles. The molecule has 1 fully saturated rings. The summed E-state index contributed by atoms with van der Waals surface area (Å²) >= 11 is 0. The monoisotopic (exact) mass is 325 g/mol. The van der Waals surface area contributed by atoms with Gasteiger partial charge in [0.15, 0.2) is 0 Å². The quantitative estimate of drug-likeness (QED) is 0.829. The van der Waals surface area contributed by atoms with Gasteiger partial charge in [-0.2, -0.15) is 0 Å². The Labute approximate surface area is 142 Å². The predicted molar refractivity (Wildman–Crippen MR) is 96.5 cm³/mol. The van der Waals surface area contributed by atoms with E-state index in [1.165, 1.54) is 5.69 Å². The molecule has 5 nitrogen and oxygen atoms in total. The smallest absolute Gasteiger partial charge is 0.251 e. The Kier molecular flexibility index (Phi) is 4.89. The number of benzene rings is 2.